The highest BCUT2D eigenvalue weighted by atomic mass is 127. The smallest absolute Gasteiger partial charge is 0.271 e. The van der Waals surface area contributed by atoms with Gasteiger partial charge in [-0.2, -0.15) is 0 Å². The zero-order chi connectivity index (χ0) is 12.0. The molecule has 0 saturated heterocycles. The molecule has 1 unspecified atom stereocenters. The summed E-state index contributed by atoms with van der Waals surface area (Å²) in [6, 6.07) is 0. The molecule has 1 atom stereocenters. The van der Waals surface area contributed by atoms with E-state index in [-0.39, 0.29) is 25.1 Å². The van der Waals surface area contributed by atoms with Gasteiger partial charge in [-0.3, -0.25) is 0 Å². The van der Waals surface area contributed by atoms with Gasteiger partial charge in [-0.25, -0.2) is 8.78 Å². The number of ether oxygens (including phenoxy) is 1. The van der Waals surface area contributed by atoms with Crippen LogP contribution < -0.4 is 0 Å². The molecule has 0 aromatic heterocycles. The molecule has 0 spiro atoms. The summed E-state index contributed by atoms with van der Waals surface area (Å²) in [6.07, 6.45) is 1.20. The molecule has 0 aromatic carbocycles. The first kappa shape index (κ1) is 15.0. The fourth-order valence-electron chi connectivity index (χ4n) is 1.46. The Kier molecular flexibility index (Phi) is 6.88. The van der Waals surface area contributed by atoms with Crippen molar-refractivity contribution in [3.05, 3.63) is 0 Å². The fraction of sp³-hybridized carbons (Fsp3) is 1.00. The molecular formula is C9H16F2IO3P. The standard InChI is InChI=1S/C9H16F2IO3P/c10-9(11,6-15-16-12)2-1-3-14-8-4-7(13)5-8/h7-8,13,16H,1-6H2. The second-order valence-electron chi connectivity index (χ2n) is 3.94. The molecular weight excluding hydrogens is 352 g/mol. The Morgan fingerprint density at radius 3 is 2.69 bits per heavy atom. The van der Waals surface area contributed by atoms with Gasteiger partial charge in [-0.15, -0.1) is 0 Å². The summed E-state index contributed by atoms with van der Waals surface area (Å²) in [5, 5.41) is 8.98. The van der Waals surface area contributed by atoms with Crippen LogP contribution in [0.15, 0.2) is 0 Å². The van der Waals surface area contributed by atoms with Crippen LogP contribution in [0.1, 0.15) is 25.7 Å². The second-order valence-corrected chi connectivity index (χ2v) is 5.71. The number of aliphatic hydroxyl groups excluding tert-OH is 1. The molecule has 7 heteroatoms. The Morgan fingerprint density at radius 2 is 2.12 bits per heavy atom. The SMILES string of the molecule is OC1CC(OCCCC(F)(F)COPI)C1. The van der Waals surface area contributed by atoms with Crippen LogP contribution >= 0.6 is 28.5 Å². The highest BCUT2D eigenvalue weighted by Crippen LogP contribution is 2.29. The first-order chi connectivity index (χ1) is 7.53. The maximum absolute atomic E-state index is 13.1. The van der Waals surface area contributed by atoms with Gasteiger partial charge in [0.2, 0.25) is 0 Å². The Labute approximate surface area is 109 Å². The number of hydrogen-bond donors (Lipinski definition) is 1. The van der Waals surface area contributed by atoms with Crippen molar-refractivity contribution in [2.75, 3.05) is 13.2 Å². The molecule has 1 fully saturated rings. The van der Waals surface area contributed by atoms with Gasteiger partial charge in [0.15, 0.2) is 0 Å². The van der Waals surface area contributed by atoms with E-state index in [0.29, 0.717) is 25.9 Å². The quantitative estimate of drug-likeness (QED) is 0.407. The molecule has 0 heterocycles. The van der Waals surface area contributed by atoms with E-state index in [2.05, 4.69) is 0 Å². The number of rotatable bonds is 8. The summed E-state index contributed by atoms with van der Waals surface area (Å²) in [6.45, 7) is -0.101. The molecule has 1 saturated carbocycles. The summed E-state index contributed by atoms with van der Waals surface area (Å²) in [7, 11) is 0. The van der Waals surface area contributed by atoms with Crippen molar-refractivity contribution in [2.24, 2.45) is 0 Å². The predicted molar refractivity (Wildman–Crippen MR) is 67.4 cm³/mol. The number of halogens is 3. The van der Waals surface area contributed by atoms with E-state index in [4.69, 9.17) is 14.4 Å². The van der Waals surface area contributed by atoms with Gasteiger partial charge in [-0.05, 0) is 41.3 Å². The van der Waals surface area contributed by atoms with Gasteiger partial charge in [0.05, 0.1) is 18.7 Å². The highest BCUT2D eigenvalue weighted by molar-refractivity contribution is 14.2. The monoisotopic (exact) mass is 368 g/mol. The van der Waals surface area contributed by atoms with E-state index in [1.165, 1.54) is 0 Å². The van der Waals surface area contributed by atoms with Crippen LogP contribution in [0.3, 0.4) is 0 Å². The van der Waals surface area contributed by atoms with Crippen LogP contribution in [-0.4, -0.2) is 36.5 Å². The fourth-order valence-corrected chi connectivity index (χ4v) is 2.19. The van der Waals surface area contributed by atoms with Gasteiger partial charge in [0, 0.05) is 13.0 Å². The summed E-state index contributed by atoms with van der Waals surface area (Å²) in [5.74, 6) is -2.75. The summed E-state index contributed by atoms with van der Waals surface area (Å²) in [4.78, 5) is 0. The van der Waals surface area contributed by atoms with E-state index < -0.39 is 12.5 Å². The minimum Gasteiger partial charge on any atom is -0.393 e. The largest absolute Gasteiger partial charge is 0.393 e. The van der Waals surface area contributed by atoms with E-state index in [0.717, 1.165) is 0 Å². The maximum atomic E-state index is 13.1. The third kappa shape index (κ3) is 6.00. The molecule has 1 aliphatic carbocycles. The third-order valence-corrected chi connectivity index (χ3v) is 3.64. The average Bonchev–Trinajstić information content (AvgIpc) is 2.18. The van der Waals surface area contributed by atoms with Crippen LogP contribution in [0.25, 0.3) is 0 Å². The molecule has 0 amide bonds. The topological polar surface area (TPSA) is 38.7 Å². The van der Waals surface area contributed by atoms with Gasteiger partial charge in [-0.1, -0.05) is 0 Å². The Hall–Kier alpha value is 0.900. The normalized spacial score (nSPS) is 26.2. The lowest BCUT2D eigenvalue weighted by Crippen LogP contribution is -2.35. The lowest BCUT2D eigenvalue weighted by Gasteiger charge is -2.31. The van der Waals surface area contributed by atoms with Crippen LogP contribution in [0.5, 0.6) is 0 Å². The summed E-state index contributed by atoms with van der Waals surface area (Å²) < 4.78 is 36.2. The van der Waals surface area contributed by atoms with E-state index in [9.17, 15) is 8.78 Å². The average molecular weight is 368 g/mol. The minimum atomic E-state index is -2.75. The van der Waals surface area contributed by atoms with Gasteiger partial charge in [0.1, 0.15) is 6.61 Å². The van der Waals surface area contributed by atoms with Crippen LogP contribution in [0, 0.1) is 0 Å². The molecule has 96 valence electrons. The van der Waals surface area contributed by atoms with Gasteiger partial charge >= 0.3 is 0 Å². The summed E-state index contributed by atoms with van der Waals surface area (Å²) in [5.41, 5.74) is 0. The van der Waals surface area contributed by atoms with Crippen LogP contribution in [0.2, 0.25) is 0 Å². The lowest BCUT2D eigenvalue weighted by molar-refractivity contribution is -0.0837. The van der Waals surface area contributed by atoms with Crippen molar-refractivity contribution >= 4 is 28.5 Å². The summed E-state index contributed by atoms with van der Waals surface area (Å²) >= 11 is 1.92. The number of hydrogen-bond acceptors (Lipinski definition) is 3. The van der Waals surface area contributed by atoms with Crippen molar-refractivity contribution in [1.29, 1.82) is 0 Å². The first-order valence-corrected chi connectivity index (χ1v) is 9.20. The Bertz CT molecular complexity index is 203. The third-order valence-electron chi connectivity index (χ3n) is 2.45. The molecule has 0 aliphatic heterocycles. The zero-order valence-corrected chi connectivity index (χ0v) is 12.0. The Morgan fingerprint density at radius 1 is 1.44 bits per heavy atom. The van der Waals surface area contributed by atoms with Crippen LogP contribution in [-0.2, 0) is 9.26 Å². The molecule has 1 aliphatic rings. The molecule has 0 radical (unpaired) electrons. The zero-order valence-electron chi connectivity index (χ0n) is 8.79. The number of aliphatic hydroxyl groups is 1. The Balaban J connectivity index is 1.97. The molecule has 3 nitrogen and oxygen atoms in total. The highest BCUT2D eigenvalue weighted by Gasteiger charge is 2.30. The van der Waals surface area contributed by atoms with Gasteiger partial charge < -0.3 is 14.4 Å². The van der Waals surface area contributed by atoms with E-state index in [1.807, 2.05) is 22.0 Å². The first-order valence-electron chi connectivity index (χ1n) is 5.18. The van der Waals surface area contributed by atoms with Crippen molar-refractivity contribution < 1.29 is 23.1 Å². The number of alkyl halides is 2. The lowest BCUT2D eigenvalue weighted by atomic mass is 9.92. The maximum Gasteiger partial charge on any atom is 0.271 e. The molecule has 0 aromatic rings. The van der Waals surface area contributed by atoms with Crippen molar-refractivity contribution in [3.63, 3.8) is 0 Å². The molecule has 16 heavy (non-hydrogen) atoms. The predicted octanol–water partition coefficient (Wildman–Crippen LogP) is 2.90. The molecule has 0 bridgehead atoms. The van der Waals surface area contributed by atoms with Crippen molar-refractivity contribution in [3.8, 4) is 0 Å². The van der Waals surface area contributed by atoms with Crippen molar-refractivity contribution in [2.45, 2.75) is 43.8 Å². The van der Waals surface area contributed by atoms with Crippen molar-refractivity contribution in [1.82, 2.24) is 0 Å². The molecule has 1 N–H and O–H groups in total. The van der Waals surface area contributed by atoms with Gasteiger partial charge in [0.25, 0.3) is 5.92 Å². The van der Waals surface area contributed by atoms with E-state index >= 15 is 0 Å². The van der Waals surface area contributed by atoms with E-state index in [1.54, 1.807) is 0 Å². The second kappa shape index (κ2) is 7.36. The molecule has 1 rings (SSSR count). The minimum absolute atomic E-state index is 0.0655. The van der Waals surface area contributed by atoms with Crippen LogP contribution in [0.4, 0.5) is 8.78 Å².